The number of ether oxygens (including phenoxy) is 1. The van der Waals surface area contributed by atoms with E-state index in [-0.39, 0.29) is 23.6 Å². The fourth-order valence-corrected chi connectivity index (χ4v) is 6.03. The number of aromatic nitrogens is 1. The number of piperidine rings is 1. The number of hydrogen-bond donors (Lipinski definition) is 2. The van der Waals surface area contributed by atoms with Crippen LogP contribution in [-0.2, 0) is 21.4 Å². The molecule has 1 saturated heterocycles. The fourth-order valence-electron chi connectivity index (χ4n) is 6.03. The number of nitrogens with zero attached hydrogens (tertiary/aromatic N) is 2. The molecule has 2 heterocycles. The van der Waals surface area contributed by atoms with Gasteiger partial charge in [-0.15, -0.1) is 0 Å². The van der Waals surface area contributed by atoms with Crippen LogP contribution in [0, 0.1) is 11.3 Å². The molecule has 0 atom stereocenters. The van der Waals surface area contributed by atoms with Gasteiger partial charge in [0.15, 0.2) is 11.6 Å². The summed E-state index contributed by atoms with van der Waals surface area (Å²) in [6.07, 6.45) is 2.92. The van der Waals surface area contributed by atoms with Crippen molar-refractivity contribution >= 4 is 28.2 Å². The molecule has 7 nitrogen and oxygen atoms in total. The molecule has 2 aromatic carbocycles. The highest BCUT2D eigenvalue weighted by atomic mass is 16.5. The van der Waals surface area contributed by atoms with Crippen LogP contribution in [0.1, 0.15) is 78.8 Å². The molecule has 7 heteroatoms. The molecule has 38 heavy (non-hydrogen) atoms. The van der Waals surface area contributed by atoms with E-state index < -0.39 is 0 Å². The second kappa shape index (κ2) is 10.4. The third-order valence-corrected chi connectivity index (χ3v) is 8.12. The predicted octanol–water partition coefficient (Wildman–Crippen LogP) is 4.64. The van der Waals surface area contributed by atoms with Gasteiger partial charge in [0.2, 0.25) is 0 Å². The molecule has 2 aliphatic rings. The van der Waals surface area contributed by atoms with Crippen molar-refractivity contribution in [2.24, 2.45) is 0 Å². The van der Waals surface area contributed by atoms with Crippen LogP contribution in [0.15, 0.2) is 30.3 Å². The number of rotatable bonds is 8. The Morgan fingerprint density at radius 3 is 2.68 bits per heavy atom. The molecule has 1 fully saturated rings. The molecule has 2 N–H and O–H groups in total. The number of H-pyrrole nitrogens is 1. The third-order valence-electron chi connectivity index (χ3n) is 8.12. The maximum atomic E-state index is 13.9. The summed E-state index contributed by atoms with van der Waals surface area (Å²) in [5.74, 6) is 0.107. The Labute approximate surface area is 224 Å². The SMILES string of the molecule is CCc1cc2c(cc1N1CCC(NCCOCC(C)=O)CC1)C(C)(C)c1[nH]c3cc(C#N)ccc3c1C2=O. The monoisotopic (exact) mass is 512 g/mol. The lowest BCUT2D eigenvalue weighted by Gasteiger charge is -2.38. The largest absolute Gasteiger partial charge is 0.372 e. The number of ketones is 2. The summed E-state index contributed by atoms with van der Waals surface area (Å²) in [7, 11) is 0. The number of carbonyl (C=O) groups is 2. The van der Waals surface area contributed by atoms with Crippen molar-refractivity contribution in [3.63, 3.8) is 0 Å². The lowest BCUT2D eigenvalue weighted by Crippen LogP contribution is -2.44. The van der Waals surface area contributed by atoms with Gasteiger partial charge in [0.05, 0.1) is 23.8 Å². The zero-order valence-corrected chi connectivity index (χ0v) is 22.7. The molecular formula is C31H36N4O3. The van der Waals surface area contributed by atoms with Crippen LogP contribution in [0.3, 0.4) is 0 Å². The number of aryl methyl sites for hydroxylation is 1. The summed E-state index contributed by atoms with van der Waals surface area (Å²) in [4.78, 5) is 30.9. The molecule has 198 valence electrons. The predicted molar refractivity (Wildman–Crippen MR) is 149 cm³/mol. The molecule has 0 amide bonds. The molecule has 0 radical (unpaired) electrons. The van der Waals surface area contributed by atoms with E-state index in [4.69, 9.17) is 4.74 Å². The number of aromatic amines is 1. The van der Waals surface area contributed by atoms with E-state index in [1.165, 1.54) is 18.2 Å². The molecule has 0 unspecified atom stereocenters. The quantitative estimate of drug-likeness (QED) is 0.427. The highest BCUT2D eigenvalue weighted by Gasteiger charge is 2.40. The number of anilines is 1. The molecule has 1 aliphatic carbocycles. The first-order chi connectivity index (χ1) is 18.2. The van der Waals surface area contributed by atoms with Crippen molar-refractivity contribution in [1.29, 1.82) is 5.26 Å². The van der Waals surface area contributed by atoms with E-state index in [2.05, 4.69) is 54.2 Å². The summed E-state index contributed by atoms with van der Waals surface area (Å²) in [6, 6.07) is 12.5. The Morgan fingerprint density at radius 2 is 2.00 bits per heavy atom. The molecule has 1 aliphatic heterocycles. The van der Waals surface area contributed by atoms with E-state index in [1.54, 1.807) is 6.07 Å². The first-order valence-corrected chi connectivity index (χ1v) is 13.6. The number of hydrogen-bond acceptors (Lipinski definition) is 6. The molecule has 5 rings (SSSR count). The summed E-state index contributed by atoms with van der Waals surface area (Å²) in [6.45, 7) is 11.4. The van der Waals surface area contributed by atoms with Gasteiger partial charge in [-0.1, -0.05) is 26.8 Å². The van der Waals surface area contributed by atoms with Crippen LogP contribution >= 0.6 is 0 Å². The van der Waals surface area contributed by atoms with Gasteiger partial charge >= 0.3 is 0 Å². The Morgan fingerprint density at radius 1 is 1.24 bits per heavy atom. The average molecular weight is 513 g/mol. The third kappa shape index (κ3) is 4.63. The highest BCUT2D eigenvalue weighted by Crippen LogP contribution is 2.46. The zero-order valence-electron chi connectivity index (χ0n) is 22.7. The maximum Gasteiger partial charge on any atom is 0.195 e. The maximum absolute atomic E-state index is 13.9. The van der Waals surface area contributed by atoms with Crippen molar-refractivity contribution < 1.29 is 14.3 Å². The van der Waals surface area contributed by atoms with Crippen molar-refractivity contribution in [3.05, 3.63) is 63.8 Å². The van der Waals surface area contributed by atoms with Crippen molar-refractivity contribution in [2.45, 2.75) is 58.4 Å². The first kappa shape index (κ1) is 26.1. The lowest BCUT2D eigenvalue weighted by molar-refractivity contribution is -0.121. The Balaban J connectivity index is 1.39. The van der Waals surface area contributed by atoms with E-state index in [1.807, 2.05) is 12.1 Å². The lowest BCUT2D eigenvalue weighted by atomic mass is 9.70. The smallest absolute Gasteiger partial charge is 0.195 e. The Kier molecular flexibility index (Phi) is 7.13. The minimum Gasteiger partial charge on any atom is -0.372 e. The van der Waals surface area contributed by atoms with Gasteiger partial charge in [0.25, 0.3) is 0 Å². The van der Waals surface area contributed by atoms with Crippen LogP contribution in [0.25, 0.3) is 10.9 Å². The summed E-state index contributed by atoms with van der Waals surface area (Å²) in [5, 5.41) is 13.8. The fraction of sp³-hybridized carbons (Fsp3) is 0.452. The second-order valence-electron chi connectivity index (χ2n) is 11.1. The molecule has 1 aromatic heterocycles. The van der Waals surface area contributed by atoms with Gasteiger partial charge in [0, 0.05) is 58.9 Å². The van der Waals surface area contributed by atoms with Crippen molar-refractivity contribution in [2.75, 3.05) is 37.7 Å². The number of benzene rings is 2. The second-order valence-corrected chi connectivity index (χ2v) is 11.1. The van der Waals surface area contributed by atoms with Crippen LogP contribution in [0.2, 0.25) is 0 Å². The van der Waals surface area contributed by atoms with Gasteiger partial charge in [-0.25, -0.2) is 0 Å². The van der Waals surface area contributed by atoms with Crippen molar-refractivity contribution in [1.82, 2.24) is 10.3 Å². The molecule has 3 aromatic rings. The minimum atomic E-state index is -0.384. The van der Waals surface area contributed by atoms with E-state index >= 15 is 0 Å². The molecular weight excluding hydrogens is 476 g/mol. The highest BCUT2D eigenvalue weighted by molar-refractivity contribution is 6.20. The Hall–Kier alpha value is -3.47. The number of carbonyl (C=O) groups excluding carboxylic acids is 2. The minimum absolute atomic E-state index is 0.0499. The standard InChI is InChI=1S/C31H36N4O3/c1-5-21-15-24-25(16-27(21)35-11-8-22(9-12-35)33-10-13-38-18-19(2)36)31(3,4)30-28(29(24)37)23-7-6-20(17-32)14-26(23)34-30/h6-7,14-16,22,33-34H,5,8-13,18H2,1-4H3. The van der Waals surface area contributed by atoms with E-state index in [0.717, 1.165) is 72.2 Å². The number of Topliss-reactive ketones (excluding diaryl/α,β-unsaturated/α-hetero) is 1. The van der Waals surface area contributed by atoms with Gasteiger partial charge in [0.1, 0.15) is 6.61 Å². The molecule has 0 saturated carbocycles. The Bertz CT molecular complexity index is 1440. The van der Waals surface area contributed by atoms with Gasteiger partial charge < -0.3 is 19.9 Å². The average Bonchev–Trinajstić information content (AvgIpc) is 3.31. The van der Waals surface area contributed by atoms with Gasteiger partial charge in [-0.3, -0.25) is 9.59 Å². The number of nitrogens with one attached hydrogen (secondary N) is 2. The van der Waals surface area contributed by atoms with Crippen LogP contribution in [0.4, 0.5) is 5.69 Å². The van der Waals surface area contributed by atoms with E-state index in [0.29, 0.717) is 18.2 Å². The molecule has 0 bridgehead atoms. The summed E-state index contributed by atoms with van der Waals surface area (Å²) in [5.41, 5.74) is 6.95. The first-order valence-electron chi connectivity index (χ1n) is 13.6. The van der Waals surface area contributed by atoms with Crippen LogP contribution < -0.4 is 10.2 Å². The normalized spacial score (nSPS) is 16.8. The zero-order chi connectivity index (χ0) is 27.0. The van der Waals surface area contributed by atoms with Gasteiger partial charge in [-0.05, 0) is 61.6 Å². The summed E-state index contributed by atoms with van der Waals surface area (Å²) < 4.78 is 5.38. The topological polar surface area (TPSA) is 98.2 Å². The van der Waals surface area contributed by atoms with Gasteiger partial charge in [-0.2, -0.15) is 5.26 Å². The van der Waals surface area contributed by atoms with Crippen LogP contribution in [0.5, 0.6) is 0 Å². The van der Waals surface area contributed by atoms with E-state index in [9.17, 15) is 14.9 Å². The molecule has 0 spiro atoms. The summed E-state index contributed by atoms with van der Waals surface area (Å²) >= 11 is 0. The van der Waals surface area contributed by atoms with Crippen molar-refractivity contribution in [3.8, 4) is 6.07 Å². The number of nitriles is 1. The van der Waals surface area contributed by atoms with Crippen LogP contribution in [-0.4, -0.2) is 55.4 Å². The number of fused-ring (bicyclic) bond motifs is 4.